The Bertz CT molecular complexity index is 1750. The molecule has 1 N–H and O–H groups in total. The van der Waals surface area contributed by atoms with E-state index in [-0.39, 0.29) is 0 Å². The monoisotopic (exact) mass is 513 g/mol. The predicted octanol–water partition coefficient (Wildman–Crippen LogP) is 6.65. The number of fused-ring (bicyclic) bond motifs is 3. The van der Waals surface area contributed by atoms with Crippen LogP contribution in [0.25, 0.3) is 38.9 Å². The van der Waals surface area contributed by atoms with Crippen molar-refractivity contribution in [2.45, 2.75) is 13.0 Å². The fourth-order valence-electron chi connectivity index (χ4n) is 4.80. The molecule has 0 fully saturated rings. The van der Waals surface area contributed by atoms with E-state index < -0.39 is 6.10 Å². The summed E-state index contributed by atoms with van der Waals surface area (Å²) in [7, 11) is 1.95. The van der Waals surface area contributed by atoms with Crippen LogP contribution in [-0.2, 0) is 7.05 Å². The molecule has 1 unspecified atom stereocenters. The summed E-state index contributed by atoms with van der Waals surface area (Å²) in [4.78, 5) is 4.37. The van der Waals surface area contributed by atoms with E-state index in [1.807, 2.05) is 83.7 Å². The van der Waals surface area contributed by atoms with E-state index in [2.05, 4.69) is 15.2 Å². The zero-order valence-corrected chi connectivity index (χ0v) is 21.0. The lowest BCUT2D eigenvalue weighted by Gasteiger charge is -2.19. The Morgan fingerprint density at radius 2 is 1.64 bits per heavy atom. The second-order valence-corrected chi connectivity index (χ2v) is 9.66. The van der Waals surface area contributed by atoms with Gasteiger partial charge in [-0.3, -0.25) is 4.40 Å². The van der Waals surface area contributed by atoms with Crippen molar-refractivity contribution < 1.29 is 5.11 Å². The SMILES string of the molecule is Cc1nnc2c(-c3cncn3C)c(-c3cccc(Cl)c3)c3cc(C(O)c4ccc(Cl)cc4)ccc3n12. The van der Waals surface area contributed by atoms with Crippen molar-refractivity contribution in [1.29, 1.82) is 0 Å². The molecule has 6 rings (SSSR count). The molecule has 8 heteroatoms. The minimum Gasteiger partial charge on any atom is -0.384 e. The van der Waals surface area contributed by atoms with Gasteiger partial charge in [-0.2, -0.15) is 0 Å². The normalized spacial score (nSPS) is 12.5. The van der Waals surface area contributed by atoms with Gasteiger partial charge in [-0.05, 0) is 60.0 Å². The van der Waals surface area contributed by atoms with E-state index in [9.17, 15) is 5.11 Å². The maximum absolute atomic E-state index is 11.3. The fraction of sp³-hybridized carbons (Fsp3) is 0.107. The molecule has 36 heavy (non-hydrogen) atoms. The Balaban J connectivity index is 1.74. The van der Waals surface area contributed by atoms with E-state index >= 15 is 0 Å². The highest BCUT2D eigenvalue weighted by molar-refractivity contribution is 6.31. The topological polar surface area (TPSA) is 68.2 Å². The summed E-state index contributed by atoms with van der Waals surface area (Å²) in [6, 6.07) is 21.0. The third-order valence-electron chi connectivity index (χ3n) is 6.52. The maximum atomic E-state index is 11.3. The summed E-state index contributed by atoms with van der Waals surface area (Å²) in [6.45, 7) is 1.93. The number of pyridine rings is 1. The standard InChI is InChI=1S/C28H21Cl2N5O/c1-16-32-33-28-26(24-14-31-15-34(24)2)25(18-4-3-5-21(30)12-18)22-13-19(8-11-23(22)35(16)28)27(36)17-6-9-20(29)10-7-17/h3-15,27,36H,1-2H3. The Kier molecular flexibility index (Phi) is 5.52. The first-order valence-electron chi connectivity index (χ1n) is 11.4. The van der Waals surface area contributed by atoms with E-state index in [1.54, 1.807) is 18.5 Å². The number of imidazole rings is 1. The first kappa shape index (κ1) is 22.7. The molecular formula is C28H21Cl2N5O. The van der Waals surface area contributed by atoms with Crippen LogP contribution >= 0.6 is 23.2 Å². The Morgan fingerprint density at radius 3 is 2.36 bits per heavy atom. The predicted molar refractivity (Wildman–Crippen MR) is 143 cm³/mol. The van der Waals surface area contributed by atoms with Crippen molar-refractivity contribution in [3.8, 4) is 22.4 Å². The van der Waals surface area contributed by atoms with Crippen LogP contribution in [0.15, 0.2) is 79.3 Å². The summed E-state index contributed by atoms with van der Waals surface area (Å²) in [5.74, 6) is 0.766. The lowest BCUT2D eigenvalue weighted by atomic mass is 9.91. The van der Waals surface area contributed by atoms with E-state index in [0.717, 1.165) is 55.9 Å². The highest BCUT2D eigenvalue weighted by atomic mass is 35.5. The molecule has 3 aromatic heterocycles. The average Bonchev–Trinajstić information content (AvgIpc) is 3.48. The molecule has 6 nitrogen and oxygen atoms in total. The number of aliphatic hydroxyl groups excluding tert-OH is 1. The number of rotatable bonds is 4. The third-order valence-corrected chi connectivity index (χ3v) is 7.00. The van der Waals surface area contributed by atoms with E-state index in [0.29, 0.717) is 10.0 Å². The van der Waals surface area contributed by atoms with Crippen LogP contribution in [0.1, 0.15) is 23.1 Å². The highest BCUT2D eigenvalue weighted by Gasteiger charge is 2.23. The number of aromatic nitrogens is 5. The summed E-state index contributed by atoms with van der Waals surface area (Å²) in [5, 5.41) is 22.4. The van der Waals surface area contributed by atoms with Crippen LogP contribution < -0.4 is 0 Å². The fourth-order valence-corrected chi connectivity index (χ4v) is 5.12. The van der Waals surface area contributed by atoms with E-state index in [4.69, 9.17) is 23.2 Å². The lowest BCUT2D eigenvalue weighted by molar-refractivity contribution is 0.220. The molecular weight excluding hydrogens is 493 g/mol. The number of aryl methyl sites for hydroxylation is 2. The van der Waals surface area contributed by atoms with Gasteiger partial charge < -0.3 is 9.67 Å². The van der Waals surface area contributed by atoms with Crippen molar-refractivity contribution in [2.75, 3.05) is 0 Å². The number of aliphatic hydroxyl groups is 1. The number of hydrogen-bond donors (Lipinski definition) is 1. The third kappa shape index (κ3) is 3.66. The minimum absolute atomic E-state index is 0.624. The first-order chi connectivity index (χ1) is 17.4. The summed E-state index contributed by atoms with van der Waals surface area (Å²) in [6.07, 6.45) is 2.77. The number of hydrogen-bond acceptors (Lipinski definition) is 4. The van der Waals surface area contributed by atoms with Crippen molar-refractivity contribution in [3.63, 3.8) is 0 Å². The van der Waals surface area contributed by atoms with Crippen molar-refractivity contribution in [1.82, 2.24) is 24.1 Å². The summed E-state index contributed by atoms with van der Waals surface area (Å²) in [5.41, 5.74) is 6.85. The van der Waals surface area contributed by atoms with Crippen LogP contribution in [0, 0.1) is 6.92 Å². The number of halogens is 2. The molecule has 0 saturated carbocycles. The Hall–Kier alpha value is -3.71. The van der Waals surface area contributed by atoms with Crippen molar-refractivity contribution in [2.24, 2.45) is 7.05 Å². The lowest BCUT2D eigenvalue weighted by Crippen LogP contribution is -2.03. The number of benzene rings is 3. The second-order valence-electron chi connectivity index (χ2n) is 8.79. The zero-order valence-electron chi connectivity index (χ0n) is 19.5. The van der Waals surface area contributed by atoms with E-state index in [1.165, 1.54) is 0 Å². The molecule has 0 aliphatic heterocycles. The van der Waals surface area contributed by atoms with Crippen LogP contribution in [-0.4, -0.2) is 29.3 Å². The van der Waals surface area contributed by atoms with Gasteiger partial charge >= 0.3 is 0 Å². The quantitative estimate of drug-likeness (QED) is 0.286. The molecule has 0 amide bonds. The molecule has 0 spiro atoms. The Morgan fingerprint density at radius 1 is 0.861 bits per heavy atom. The minimum atomic E-state index is -0.822. The molecule has 3 heterocycles. The largest absolute Gasteiger partial charge is 0.384 e. The highest BCUT2D eigenvalue weighted by Crippen LogP contribution is 2.42. The summed E-state index contributed by atoms with van der Waals surface area (Å²) < 4.78 is 4.01. The Labute approximate surface area is 217 Å². The molecule has 0 radical (unpaired) electrons. The zero-order chi connectivity index (χ0) is 25.0. The van der Waals surface area contributed by atoms with Gasteiger partial charge in [0.1, 0.15) is 11.9 Å². The van der Waals surface area contributed by atoms with Gasteiger partial charge in [0, 0.05) is 28.0 Å². The second kappa shape index (κ2) is 8.75. The molecule has 0 aliphatic carbocycles. The molecule has 3 aromatic carbocycles. The molecule has 1 atom stereocenters. The average molecular weight is 514 g/mol. The smallest absolute Gasteiger partial charge is 0.171 e. The van der Waals surface area contributed by atoms with Crippen LogP contribution in [0.2, 0.25) is 10.0 Å². The summed E-state index contributed by atoms with van der Waals surface area (Å²) >= 11 is 12.5. The number of nitrogens with zero attached hydrogens (tertiary/aromatic N) is 5. The van der Waals surface area contributed by atoms with Crippen LogP contribution in [0.3, 0.4) is 0 Å². The molecule has 0 aliphatic rings. The van der Waals surface area contributed by atoms with Gasteiger partial charge in [0.2, 0.25) is 0 Å². The van der Waals surface area contributed by atoms with Crippen molar-refractivity contribution >= 4 is 39.8 Å². The van der Waals surface area contributed by atoms with Gasteiger partial charge in [-0.1, -0.05) is 53.5 Å². The first-order valence-corrected chi connectivity index (χ1v) is 12.2. The maximum Gasteiger partial charge on any atom is 0.171 e. The van der Waals surface area contributed by atoms with Gasteiger partial charge in [0.25, 0.3) is 0 Å². The molecule has 0 bridgehead atoms. The van der Waals surface area contributed by atoms with Gasteiger partial charge in [0.15, 0.2) is 5.65 Å². The van der Waals surface area contributed by atoms with Gasteiger partial charge in [-0.25, -0.2) is 4.98 Å². The van der Waals surface area contributed by atoms with Crippen LogP contribution in [0.5, 0.6) is 0 Å². The molecule has 6 aromatic rings. The van der Waals surface area contributed by atoms with Gasteiger partial charge in [0.05, 0.1) is 29.3 Å². The van der Waals surface area contributed by atoms with Crippen molar-refractivity contribution in [3.05, 3.63) is 106 Å². The molecule has 0 saturated heterocycles. The molecule has 178 valence electrons. The van der Waals surface area contributed by atoms with Gasteiger partial charge in [-0.15, -0.1) is 10.2 Å². The van der Waals surface area contributed by atoms with Crippen LogP contribution in [0.4, 0.5) is 0 Å².